The number of hydrogen-bond acceptors (Lipinski definition) is 4. The Morgan fingerprint density at radius 1 is 1.45 bits per heavy atom. The van der Waals surface area contributed by atoms with Crippen molar-refractivity contribution in [2.45, 2.75) is 25.7 Å². The van der Waals surface area contributed by atoms with Gasteiger partial charge in [-0.05, 0) is 49.1 Å². The van der Waals surface area contributed by atoms with Crippen LogP contribution in [0, 0.1) is 21.4 Å². The molecule has 3 rings (SSSR count). The Kier molecular flexibility index (Phi) is 2.88. The van der Waals surface area contributed by atoms with E-state index < -0.39 is 4.92 Å². The van der Waals surface area contributed by atoms with Crippen LogP contribution in [0.1, 0.15) is 36.0 Å². The van der Waals surface area contributed by atoms with Crippen LogP contribution >= 0.6 is 0 Å². The van der Waals surface area contributed by atoms with Crippen molar-refractivity contribution in [1.29, 1.82) is 0 Å². The predicted molar refractivity (Wildman–Crippen MR) is 74.2 cm³/mol. The number of nitro groups is 1. The maximum Gasteiger partial charge on any atom is 0.292 e. The highest BCUT2D eigenvalue weighted by Crippen LogP contribution is 2.60. The van der Waals surface area contributed by atoms with Crippen LogP contribution in [0.4, 0.5) is 11.4 Å². The Labute approximate surface area is 116 Å². The molecule has 6 nitrogen and oxygen atoms in total. The van der Waals surface area contributed by atoms with Crippen LogP contribution in [0.15, 0.2) is 18.2 Å². The number of nitrogens with two attached hydrogens (primary N) is 1. The number of amides is 1. The fraction of sp³-hybridized carbons (Fsp3) is 0.500. The number of rotatable bonds is 5. The minimum atomic E-state index is -0.552. The highest BCUT2D eigenvalue weighted by molar-refractivity contribution is 5.95. The lowest BCUT2D eigenvalue weighted by Gasteiger charge is -2.15. The number of nitro benzene ring substituents is 1. The Bertz CT molecular complexity index is 577. The van der Waals surface area contributed by atoms with Gasteiger partial charge in [0.15, 0.2) is 0 Å². The van der Waals surface area contributed by atoms with Gasteiger partial charge in [0.2, 0.25) is 0 Å². The normalized spacial score (nSPS) is 19.4. The number of nitrogens with zero attached hydrogens (tertiary/aromatic N) is 1. The summed E-state index contributed by atoms with van der Waals surface area (Å²) >= 11 is 0. The second kappa shape index (κ2) is 4.47. The van der Waals surface area contributed by atoms with E-state index in [1.54, 1.807) is 0 Å². The van der Waals surface area contributed by atoms with Crippen molar-refractivity contribution >= 4 is 17.3 Å². The van der Waals surface area contributed by atoms with Crippen molar-refractivity contribution < 1.29 is 9.72 Å². The molecule has 0 saturated heterocycles. The second-order valence-electron chi connectivity index (χ2n) is 5.85. The first-order valence-electron chi connectivity index (χ1n) is 6.84. The SMILES string of the molecule is Nc1cc(C(=O)NCC2(C3CC3)CC2)ccc1[N+](=O)[O-]. The van der Waals surface area contributed by atoms with Crippen LogP contribution in [0.3, 0.4) is 0 Å². The van der Waals surface area contributed by atoms with Crippen LogP contribution in [-0.2, 0) is 0 Å². The van der Waals surface area contributed by atoms with E-state index in [1.165, 1.54) is 43.9 Å². The summed E-state index contributed by atoms with van der Waals surface area (Å²) in [6.45, 7) is 0.702. The molecule has 0 spiro atoms. The molecular weight excluding hydrogens is 258 g/mol. The molecule has 2 aliphatic carbocycles. The van der Waals surface area contributed by atoms with E-state index in [1.807, 2.05) is 0 Å². The molecule has 2 saturated carbocycles. The molecule has 1 aromatic carbocycles. The summed E-state index contributed by atoms with van der Waals surface area (Å²) in [4.78, 5) is 22.2. The third-order valence-corrected chi connectivity index (χ3v) is 4.42. The Balaban J connectivity index is 1.65. The molecule has 0 unspecified atom stereocenters. The summed E-state index contributed by atoms with van der Waals surface area (Å²) in [7, 11) is 0. The minimum absolute atomic E-state index is 0.0194. The summed E-state index contributed by atoms with van der Waals surface area (Å²) in [5.74, 6) is 0.572. The molecule has 0 aliphatic heterocycles. The fourth-order valence-electron chi connectivity index (χ4n) is 2.81. The van der Waals surface area contributed by atoms with Gasteiger partial charge < -0.3 is 11.1 Å². The van der Waals surface area contributed by atoms with Gasteiger partial charge in [-0.3, -0.25) is 14.9 Å². The molecule has 1 amide bonds. The summed E-state index contributed by atoms with van der Waals surface area (Å²) < 4.78 is 0. The third-order valence-electron chi connectivity index (χ3n) is 4.42. The highest BCUT2D eigenvalue weighted by Gasteiger charge is 2.53. The van der Waals surface area contributed by atoms with Gasteiger partial charge >= 0.3 is 0 Å². The van der Waals surface area contributed by atoms with Gasteiger partial charge in [0.05, 0.1) is 4.92 Å². The number of nitrogen functional groups attached to an aromatic ring is 1. The van der Waals surface area contributed by atoms with Crippen LogP contribution in [-0.4, -0.2) is 17.4 Å². The lowest BCUT2D eigenvalue weighted by Crippen LogP contribution is -2.31. The van der Waals surface area contributed by atoms with Crippen molar-refractivity contribution in [1.82, 2.24) is 5.32 Å². The first-order chi connectivity index (χ1) is 9.52. The van der Waals surface area contributed by atoms with E-state index in [2.05, 4.69) is 5.32 Å². The maximum absolute atomic E-state index is 12.1. The molecule has 0 radical (unpaired) electrons. The van der Waals surface area contributed by atoms with E-state index in [4.69, 9.17) is 5.73 Å². The first kappa shape index (κ1) is 12.9. The third kappa shape index (κ3) is 2.33. The molecule has 0 bridgehead atoms. The van der Waals surface area contributed by atoms with E-state index in [0.29, 0.717) is 17.5 Å². The van der Waals surface area contributed by atoms with E-state index in [-0.39, 0.29) is 17.3 Å². The lowest BCUT2D eigenvalue weighted by atomic mass is 10.0. The first-order valence-corrected chi connectivity index (χ1v) is 6.84. The van der Waals surface area contributed by atoms with E-state index in [9.17, 15) is 14.9 Å². The molecule has 1 aromatic rings. The van der Waals surface area contributed by atoms with Gasteiger partial charge in [0, 0.05) is 18.2 Å². The van der Waals surface area contributed by atoms with Gasteiger partial charge in [-0.2, -0.15) is 0 Å². The summed E-state index contributed by atoms with van der Waals surface area (Å²) in [6.07, 6.45) is 4.95. The van der Waals surface area contributed by atoms with Gasteiger partial charge in [-0.25, -0.2) is 0 Å². The summed E-state index contributed by atoms with van der Waals surface area (Å²) in [5, 5.41) is 13.6. The van der Waals surface area contributed by atoms with Crippen molar-refractivity contribution in [2.24, 2.45) is 11.3 Å². The van der Waals surface area contributed by atoms with E-state index in [0.717, 1.165) is 5.92 Å². The number of carbonyl (C=O) groups is 1. The molecule has 3 N–H and O–H groups in total. The maximum atomic E-state index is 12.1. The van der Waals surface area contributed by atoms with Gasteiger partial charge in [0.1, 0.15) is 5.69 Å². The average molecular weight is 275 g/mol. The zero-order valence-electron chi connectivity index (χ0n) is 11.1. The van der Waals surface area contributed by atoms with Crippen molar-refractivity contribution in [2.75, 3.05) is 12.3 Å². The molecule has 106 valence electrons. The minimum Gasteiger partial charge on any atom is -0.393 e. The number of carbonyl (C=O) groups excluding carboxylic acids is 1. The smallest absolute Gasteiger partial charge is 0.292 e. The quantitative estimate of drug-likeness (QED) is 0.488. The second-order valence-corrected chi connectivity index (χ2v) is 5.85. The number of benzene rings is 1. The summed E-state index contributed by atoms with van der Waals surface area (Å²) in [6, 6.07) is 4.09. The molecule has 0 heterocycles. The molecule has 0 aromatic heterocycles. The molecule has 2 aliphatic rings. The van der Waals surface area contributed by atoms with Gasteiger partial charge in [-0.15, -0.1) is 0 Å². The largest absolute Gasteiger partial charge is 0.393 e. The Morgan fingerprint density at radius 2 is 2.15 bits per heavy atom. The van der Waals surface area contributed by atoms with Crippen LogP contribution in [0.25, 0.3) is 0 Å². The number of anilines is 1. The average Bonchev–Trinajstić information content (AvgIpc) is 3.27. The highest BCUT2D eigenvalue weighted by atomic mass is 16.6. The van der Waals surface area contributed by atoms with E-state index >= 15 is 0 Å². The molecule has 2 fully saturated rings. The van der Waals surface area contributed by atoms with Gasteiger partial charge in [-0.1, -0.05) is 0 Å². The number of nitrogens with one attached hydrogen (secondary N) is 1. The summed E-state index contributed by atoms with van der Waals surface area (Å²) in [5.41, 5.74) is 6.15. The standard InChI is InChI=1S/C14H17N3O3/c15-11-7-9(1-4-12(11)17(19)20)13(18)16-8-14(5-6-14)10-2-3-10/h1,4,7,10H,2-3,5-6,8,15H2,(H,16,18). The number of hydrogen-bond donors (Lipinski definition) is 2. The van der Waals surface area contributed by atoms with Crippen LogP contribution in [0.5, 0.6) is 0 Å². The van der Waals surface area contributed by atoms with Crippen LogP contribution < -0.4 is 11.1 Å². The fourth-order valence-corrected chi connectivity index (χ4v) is 2.81. The molecule has 0 atom stereocenters. The predicted octanol–water partition coefficient (Wildman–Crippen LogP) is 2.10. The van der Waals surface area contributed by atoms with Crippen molar-refractivity contribution in [3.05, 3.63) is 33.9 Å². The Hall–Kier alpha value is -2.11. The van der Waals surface area contributed by atoms with Gasteiger partial charge in [0.25, 0.3) is 11.6 Å². The van der Waals surface area contributed by atoms with Crippen molar-refractivity contribution in [3.8, 4) is 0 Å². The van der Waals surface area contributed by atoms with Crippen molar-refractivity contribution in [3.63, 3.8) is 0 Å². The molecule has 20 heavy (non-hydrogen) atoms. The monoisotopic (exact) mass is 275 g/mol. The zero-order valence-corrected chi connectivity index (χ0v) is 11.1. The molecule has 6 heteroatoms. The Morgan fingerprint density at radius 3 is 2.65 bits per heavy atom. The van der Waals surface area contributed by atoms with Crippen LogP contribution in [0.2, 0.25) is 0 Å². The lowest BCUT2D eigenvalue weighted by molar-refractivity contribution is -0.383. The topological polar surface area (TPSA) is 98.3 Å². The zero-order chi connectivity index (χ0) is 14.3. The molecular formula is C14H17N3O3.